The van der Waals surface area contributed by atoms with Crippen LogP contribution >= 0.6 is 0 Å². The van der Waals surface area contributed by atoms with Crippen molar-refractivity contribution in [2.24, 2.45) is 0 Å². The van der Waals surface area contributed by atoms with Crippen LogP contribution in [0.4, 0.5) is 14.5 Å². The molecule has 0 aliphatic carbocycles. The van der Waals surface area contributed by atoms with Crippen LogP contribution in [0.3, 0.4) is 0 Å². The number of hydrogen-bond acceptors (Lipinski definition) is 3. The SMILES string of the molecule is CC(Nc1ccccc1OC(F)F)c1ccc(C#N)cc1. The molecule has 2 aromatic rings. The zero-order valence-corrected chi connectivity index (χ0v) is 11.4. The first-order valence-electron chi connectivity index (χ1n) is 6.40. The van der Waals surface area contributed by atoms with Gasteiger partial charge in [-0.1, -0.05) is 24.3 Å². The number of nitrogens with zero attached hydrogens (tertiary/aromatic N) is 1. The zero-order valence-electron chi connectivity index (χ0n) is 11.4. The quantitative estimate of drug-likeness (QED) is 0.890. The lowest BCUT2D eigenvalue weighted by Gasteiger charge is -2.18. The topological polar surface area (TPSA) is 45.0 Å². The van der Waals surface area contributed by atoms with E-state index in [1.165, 1.54) is 6.07 Å². The zero-order chi connectivity index (χ0) is 15.2. The summed E-state index contributed by atoms with van der Waals surface area (Å²) < 4.78 is 29.2. The van der Waals surface area contributed by atoms with Crippen LogP contribution in [0, 0.1) is 11.3 Å². The van der Waals surface area contributed by atoms with Crippen molar-refractivity contribution >= 4 is 5.69 Å². The molecule has 0 saturated heterocycles. The number of benzene rings is 2. The largest absolute Gasteiger partial charge is 0.433 e. The normalized spacial score (nSPS) is 11.8. The minimum absolute atomic E-state index is 0.105. The minimum Gasteiger partial charge on any atom is -0.433 e. The van der Waals surface area contributed by atoms with E-state index in [0.29, 0.717) is 11.3 Å². The number of rotatable bonds is 5. The third-order valence-electron chi connectivity index (χ3n) is 3.01. The third kappa shape index (κ3) is 3.93. The maximum absolute atomic E-state index is 12.4. The molecule has 0 heterocycles. The lowest BCUT2D eigenvalue weighted by atomic mass is 10.1. The van der Waals surface area contributed by atoms with Gasteiger partial charge in [0.05, 0.1) is 17.3 Å². The van der Waals surface area contributed by atoms with E-state index in [2.05, 4.69) is 10.1 Å². The Hall–Kier alpha value is -2.61. The average molecular weight is 288 g/mol. The summed E-state index contributed by atoms with van der Waals surface area (Å²) >= 11 is 0. The van der Waals surface area contributed by atoms with E-state index < -0.39 is 6.61 Å². The molecule has 2 rings (SSSR count). The van der Waals surface area contributed by atoms with Crippen molar-refractivity contribution in [2.75, 3.05) is 5.32 Å². The van der Waals surface area contributed by atoms with Crippen molar-refractivity contribution < 1.29 is 13.5 Å². The van der Waals surface area contributed by atoms with Gasteiger partial charge < -0.3 is 10.1 Å². The number of alkyl halides is 2. The van der Waals surface area contributed by atoms with E-state index in [4.69, 9.17) is 5.26 Å². The number of hydrogen-bond donors (Lipinski definition) is 1. The predicted octanol–water partition coefficient (Wildman–Crippen LogP) is 4.33. The standard InChI is InChI=1S/C16H14F2N2O/c1-11(13-8-6-12(10-19)7-9-13)20-14-4-2-3-5-15(14)21-16(17)18/h2-9,11,16,20H,1H3. The van der Waals surface area contributed by atoms with Gasteiger partial charge in [0.2, 0.25) is 0 Å². The highest BCUT2D eigenvalue weighted by molar-refractivity contribution is 5.57. The molecular formula is C16H14F2N2O. The molecule has 0 radical (unpaired) electrons. The Morgan fingerprint density at radius 2 is 1.76 bits per heavy atom. The smallest absolute Gasteiger partial charge is 0.387 e. The van der Waals surface area contributed by atoms with Crippen LogP contribution in [0.5, 0.6) is 5.75 Å². The highest BCUT2D eigenvalue weighted by atomic mass is 19.3. The van der Waals surface area contributed by atoms with Gasteiger partial charge in [-0.15, -0.1) is 0 Å². The molecule has 0 aromatic heterocycles. The van der Waals surface area contributed by atoms with Gasteiger partial charge in [-0.3, -0.25) is 0 Å². The summed E-state index contributed by atoms with van der Waals surface area (Å²) in [5.74, 6) is 0.105. The summed E-state index contributed by atoms with van der Waals surface area (Å²) in [6, 6.07) is 15.6. The Bertz CT molecular complexity index is 635. The molecule has 0 aliphatic heterocycles. The molecule has 0 bridgehead atoms. The van der Waals surface area contributed by atoms with Gasteiger partial charge in [-0.05, 0) is 36.8 Å². The van der Waals surface area contributed by atoms with E-state index >= 15 is 0 Å². The number of halogens is 2. The molecule has 5 heteroatoms. The first-order chi connectivity index (χ1) is 10.1. The number of ether oxygens (including phenoxy) is 1. The molecule has 0 saturated carbocycles. The summed E-state index contributed by atoms with van der Waals surface area (Å²) in [6.45, 7) is -0.959. The molecule has 0 spiro atoms. The monoisotopic (exact) mass is 288 g/mol. The van der Waals surface area contributed by atoms with E-state index in [9.17, 15) is 8.78 Å². The van der Waals surface area contributed by atoms with Crippen molar-refractivity contribution in [3.8, 4) is 11.8 Å². The van der Waals surface area contributed by atoms with Gasteiger partial charge in [0.1, 0.15) is 5.75 Å². The van der Waals surface area contributed by atoms with Gasteiger partial charge in [0.25, 0.3) is 0 Å². The van der Waals surface area contributed by atoms with Gasteiger partial charge >= 0.3 is 6.61 Å². The highest BCUT2D eigenvalue weighted by Gasteiger charge is 2.12. The number of nitriles is 1. The van der Waals surface area contributed by atoms with Gasteiger partial charge in [-0.25, -0.2) is 0 Å². The second-order valence-corrected chi connectivity index (χ2v) is 4.47. The Morgan fingerprint density at radius 1 is 1.10 bits per heavy atom. The van der Waals surface area contributed by atoms with Crippen LogP contribution < -0.4 is 10.1 Å². The van der Waals surface area contributed by atoms with Gasteiger partial charge in [0, 0.05) is 6.04 Å². The molecular weight excluding hydrogens is 274 g/mol. The van der Waals surface area contributed by atoms with E-state index in [1.807, 2.05) is 25.1 Å². The number of para-hydroxylation sites is 2. The van der Waals surface area contributed by atoms with Crippen LogP contribution in [-0.2, 0) is 0 Å². The lowest BCUT2D eigenvalue weighted by molar-refractivity contribution is -0.0493. The molecule has 0 aliphatic rings. The highest BCUT2D eigenvalue weighted by Crippen LogP contribution is 2.29. The average Bonchev–Trinajstić information content (AvgIpc) is 2.49. The van der Waals surface area contributed by atoms with E-state index in [0.717, 1.165) is 5.56 Å². The van der Waals surface area contributed by atoms with Crippen molar-refractivity contribution in [3.63, 3.8) is 0 Å². The van der Waals surface area contributed by atoms with Crippen molar-refractivity contribution in [1.82, 2.24) is 0 Å². The summed E-state index contributed by atoms with van der Waals surface area (Å²) in [5.41, 5.74) is 2.02. The molecule has 0 amide bonds. The van der Waals surface area contributed by atoms with Crippen LogP contribution in [0.25, 0.3) is 0 Å². The fourth-order valence-corrected chi connectivity index (χ4v) is 1.95. The second kappa shape index (κ2) is 6.71. The molecule has 3 nitrogen and oxygen atoms in total. The fraction of sp³-hybridized carbons (Fsp3) is 0.188. The lowest BCUT2D eigenvalue weighted by Crippen LogP contribution is -2.10. The Kier molecular flexibility index (Phi) is 4.72. The molecule has 1 N–H and O–H groups in total. The number of nitrogens with one attached hydrogen (secondary N) is 1. The maximum Gasteiger partial charge on any atom is 0.387 e. The summed E-state index contributed by atoms with van der Waals surface area (Å²) in [7, 11) is 0. The first-order valence-corrected chi connectivity index (χ1v) is 6.40. The molecule has 21 heavy (non-hydrogen) atoms. The van der Waals surface area contributed by atoms with Gasteiger partial charge in [-0.2, -0.15) is 14.0 Å². The van der Waals surface area contributed by atoms with E-state index in [-0.39, 0.29) is 11.8 Å². The minimum atomic E-state index is -2.86. The maximum atomic E-state index is 12.4. The number of anilines is 1. The van der Waals surface area contributed by atoms with Crippen LogP contribution in [-0.4, -0.2) is 6.61 Å². The summed E-state index contributed by atoms with van der Waals surface area (Å²) in [6.07, 6.45) is 0. The molecule has 1 atom stereocenters. The second-order valence-electron chi connectivity index (χ2n) is 4.47. The van der Waals surface area contributed by atoms with Crippen molar-refractivity contribution in [1.29, 1.82) is 5.26 Å². The fourth-order valence-electron chi connectivity index (χ4n) is 1.95. The Morgan fingerprint density at radius 3 is 2.38 bits per heavy atom. The van der Waals surface area contributed by atoms with Crippen molar-refractivity contribution in [2.45, 2.75) is 19.6 Å². The van der Waals surface area contributed by atoms with Crippen LogP contribution in [0.2, 0.25) is 0 Å². The Labute approximate surface area is 121 Å². The van der Waals surface area contributed by atoms with Crippen LogP contribution in [0.1, 0.15) is 24.1 Å². The first kappa shape index (κ1) is 14.8. The van der Waals surface area contributed by atoms with E-state index in [1.54, 1.807) is 30.3 Å². The molecule has 108 valence electrons. The molecule has 0 fully saturated rings. The third-order valence-corrected chi connectivity index (χ3v) is 3.01. The molecule has 2 aromatic carbocycles. The summed E-state index contributed by atoms with van der Waals surface area (Å²) in [5, 5.41) is 11.9. The summed E-state index contributed by atoms with van der Waals surface area (Å²) in [4.78, 5) is 0. The van der Waals surface area contributed by atoms with Gasteiger partial charge in [0.15, 0.2) is 0 Å². The predicted molar refractivity (Wildman–Crippen MR) is 76.3 cm³/mol. The van der Waals surface area contributed by atoms with Crippen LogP contribution in [0.15, 0.2) is 48.5 Å². The van der Waals surface area contributed by atoms with Crippen molar-refractivity contribution in [3.05, 3.63) is 59.7 Å². The molecule has 1 unspecified atom stereocenters. The Balaban J connectivity index is 2.15.